The lowest BCUT2D eigenvalue weighted by molar-refractivity contribution is -0.126. The molecule has 6 nitrogen and oxygen atoms in total. The fraction of sp³-hybridized carbons (Fsp3) is 0.765. The number of aliphatic hydroxyl groups excluding tert-OH is 1. The van der Waals surface area contributed by atoms with E-state index in [1.54, 1.807) is 6.20 Å². The molecule has 2 atom stereocenters. The van der Waals surface area contributed by atoms with Crippen molar-refractivity contribution >= 4 is 5.91 Å². The Labute approximate surface area is 138 Å². The third-order valence-corrected chi connectivity index (χ3v) is 4.90. The number of aliphatic hydroxyl groups is 1. The number of unbranched alkanes of at least 4 members (excludes halogenated alkanes) is 1. The number of aromatic nitrogens is 2. The molecule has 2 N–H and O–H groups in total. The van der Waals surface area contributed by atoms with Crippen LogP contribution in [-0.2, 0) is 11.8 Å². The number of nitrogens with zero attached hydrogens (tertiary/aromatic N) is 3. The maximum atomic E-state index is 12.1. The molecule has 2 unspecified atom stereocenters. The smallest absolute Gasteiger partial charge is 0.237 e. The van der Waals surface area contributed by atoms with Crippen LogP contribution in [0.5, 0.6) is 0 Å². The molecule has 130 valence electrons. The average molecular weight is 322 g/mol. The van der Waals surface area contributed by atoms with E-state index in [2.05, 4.69) is 22.1 Å². The molecular formula is C17H30N4O2. The molecule has 1 saturated heterocycles. The van der Waals surface area contributed by atoms with Crippen molar-refractivity contribution in [3.63, 3.8) is 0 Å². The Morgan fingerprint density at radius 2 is 2.17 bits per heavy atom. The molecule has 1 aromatic rings. The predicted molar refractivity (Wildman–Crippen MR) is 89.8 cm³/mol. The summed E-state index contributed by atoms with van der Waals surface area (Å²) < 4.78 is 1.88. The van der Waals surface area contributed by atoms with Crippen molar-refractivity contribution in [3.05, 3.63) is 18.2 Å². The zero-order valence-electron chi connectivity index (χ0n) is 14.5. The predicted octanol–water partition coefficient (Wildman–Crippen LogP) is 1.47. The van der Waals surface area contributed by atoms with Crippen LogP contribution in [0.3, 0.4) is 0 Å². The fourth-order valence-corrected chi connectivity index (χ4v) is 3.20. The summed E-state index contributed by atoms with van der Waals surface area (Å²) in [4.78, 5) is 18.6. The molecule has 0 spiro atoms. The second kappa shape index (κ2) is 8.45. The first kappa shape index (κ1) is 17.9. The average Bonchev–Trinajstić information content (AvgIpc) is 3.00. The van der Waals surface area contributed by atoms with Crippen molar-refractivity contribution in [2.75, 3.05) is 19.6 Å². The second-order valence-electron chi connectivity index (χ2n) is 6.54. The van der Waals surface area contributed by atoms with Gasteiger partial charge in [-0.1, -0.05) is 13.3 Å². The Kier molecular flexibility index (Phi) is 6.59. The van der Waals surface area contributed by atoms with E-state index in [0.29, 0.717) is 0 Å². The second-order valence-corrected chi connectivity index (χ2v) is 6.54. The minimum Gasteiger partial charge on any atom is -0.385 e. The summed E-state index contributed by atoms with van der Waals surface area (Å²) in [6.07, 6.45) is 6.95. The number of amides is 1. The molecule has 0 bridgehead atoms. The van der Waals surface area contributed by atoms with Crippen LogP contribution in [0.2, 0.25) is 0 Å². The van der Waals surface area contributed by atoms with E-state index in [1.807, 2.05) is 24.7 Å². The standard InChI is InChI=1S/C17H30N4O2/c1-4-5-8-19-17(23)13(2)21-10-6-14(7-11-21)15(22)16-18-9-12-20(16)3/h9,12-15,22H,4-8,10-11H2,1-3H3,(H,19,23). The molecule has 0 aliphatic carbocycles. The highest BCUT2D eigenvalue weighted by atomic mass is 16.3. The lowest BCUT2D eigenvalue weighted by Crippen LogP contribution is -2.49. The van der Waals surface area contributed by atoms with Gasteiger partial charge in [0.15, 0.2) is 0 Å². The van der Waals surface area contributed by atoms with Gasteiger partial charge < -0.3 is 15.0 Å². The highest BCUT2D eigenvalue weighted by Crippen LogP contribution is 2.30. The van der Waals surface area contributed by atoms with E-state index in [-0.39, 0.29) is 17.9 Å². The fourth-order valence-electron chi connectivity index (χ4n) is 3.20. The van der Waals surface area contributed by atoms with Gasteiger partial charge in [-0.3, -0.25) is 9.69 Å². The number of hydrogen-bond acceptors (Lipinski definition) is 4. The molecule has 6 heteroatoms. The van der Waals surface area contributed by atoms with Gasteiger partial charge >= 0.3 is 0 Å². The van der Waals surface area contributed by atoms with Gasteiger partial charge in [0.2, 0.25) is 5.91 Å². The van der Waals surface area contributed by atoms with Crippen LogP contribution in [0.15, 0.2) is 12.4 Å². The van der Waals surface area contributed by atoms with E-state index in [9.17, 15) is 9.90 Å². The van der Waals surface area contributed by atoms with Gasteiger partial charge in [-0.05, 0) is 45.2 Å². The van der Waals surface area contributed by atoms with Crippen LogP contribution < -0.4 is 5.32 Å². The van der Waals surface area contributed by atoms with E-state index < -0.39 is 6.10 Å². The summed E-state index contributed by atoms with van der Waals surface area (Å²) in [5.41, 5.74) is 0. The van der Waals surface area contributed by atoms with Gasteiger partial charge in [-0.25, -0.2) is 4.98 Å². The maximum Gasteiger partial charge on any atom is 0.237 e. The van der Waals surface area contributed by atoms with Crippen LogP contribution in [-0.4, -0.2) is 51.1 Å². The van der Waals surface area contributed by atoms with Crippen LogP contribution in [0.1, 0.15) is 51.5 Å². The van der Waals surface area contributed by atoms with Gasteiger partial charge in [0.05, 0.1) is 6.04 Å². The highest BCUT2D eigenvalue weighted by molar-refractivity contribution is 5.81. The summed E-state index contributed by atoms with van der Waals surface area (Å²) in [6, 6.07) is -0.0990. The van der Waals surface area contributed by atoms with E-state index in [4.69, 9.17) is 0 Å². The van der Waals surface area contributed by atoms with Crippen molar-refractivity contribution in [1.29, 1.82) is 0 Å². The number of aryl methyl sites for hydroxylation is 1. The van der Waals surface area contributed by atoms with Crippen molar-refractivity contribution in [1.82, 2.24) is 19.8 Å². The van der Waals surface area contributed by atoms with Crippen LogP contribution in [0, 0.1) is 5.92 Å². The molecule has 2 heterocycles. The summed E-state index contributed by atoms with van der Waals surface area (Å²) in [7, 11) is 1.91. The number of likely N-dealkylation sites (tertiary alicyclic amines) is 1. The molecule has 1 aliphatic rings. The monoisotopic (exact) mass is 322 g/mol. The van der Waals surface area contributed by atoms with Gasteiger partial charge in [0.1, 0.15) is 11.9 Å². The number of nitrogens with one attached hydrogen (secondary N) is 1. The zero-order valence-corrected chi connectivity index (χ0v) is 14.5. The van der Waals surface area contributed by atoms with E-state index >= 15 is 0 Å². The highest BCUT2D eigenvalue weighted by Gasteiger charge is 2.31. The molecule has 1 aromatic heterocycles. The van der Waals surface area contributed by atoms with Crippen molar-refractivity contribution in [3.8, 4) is 0 Å². The molecular weight excluding hydrogens is 292 g/mol. The Hall–Kier alpha value is -1.40. The largest absolute Gasteiger partial charge is 0.385 e. The topological polar surface area (TPSA) is 70.4 Å². The minimum atomic E-state index is -0.522. The molecule has 23 heavy (non-hydrogen) atoms. The Balaban J connectivity index is 1.81. The lowest BCUT2D eigenvalue weighted by Gasteiger charge is -2.36. The summed E-state index contributed by atoms with van der Waals surface area (Å²) in [5, 5.41) is 13.5. The first-order valence-electron chi connectivity index (χ1n) is 8.71. The minimum absolute atomic E-state index is 0.0990. The molecule has 1 fully saturated rings. The molecule has 0 radical (unpaired) electrons. The van der Waals surface area contributed by atoms with Gasteiger partial charge in [-0.15, -0.1) is 0 Å². The quantitative estimate of drug-likeness (QED) is 0.746. The van der Waals surface area contributed by atoms with E-state index in [0.717, 1.165) is 51.1 Å². The van der Waals surface area contributed by atoms with Gasteiger partial charge in [0, 0.05) is 26.0 Å². The molecule has 0 saturated carbocycles. The number of carbonyl (C=O) groups excluding carboxylic acids is 1. The molecule has 1 aliphatic heterocycles. The summed E-state index contributed by atoms with van der Waals surface area (Å²) in [6.45, 7) is 6.53. The Morgan fingerprint density at radius 1 is 1.48 bits per heavy atom. The number of piperidine rings is 1. The van der Waals surface area contributed by atoms with Gasteiger partial charge in [-0.2, -0.15) is 0 Å². The Bertz CT molecular complexity index is 495. The number of carbonyl (C=O) groups is 1. The summed E-state index contributed by atoms with van der Waals surface area (Å²) in [5.74, 6) is 1.05. The summed E-state index contributed by atoms with van der Waals surface area (Å²) >= 11 is 0. The zero-order chi connectivity index (χ0) is 16.8. The van der Waals surface area contributed by atoms with Crippen LogP contribution in [0.25, 0.3) is 0 Å². The third-order valence-electron chi connectivity index (χ3n) is 4.90. The Morgan fingerprint density at radius 3 is 2.74 bits per heavy atom. The first-order chi connectivity index (χ1) is 11.0. The normalized spacial score (nSPS) is 19.5. The van der Waals surface area contributed by atoms with Crippen molar-refractivity contribution in [2.45, 2.75) is 51.7 Å². The van der Waals surface area contributed by atoms with Crippen LogP contribution >= 0.6 is 0 Å². The van der Waals surface area contributed by atoms with Gasteiger partial charge in [0.25, 0.3) is 0 Å². The first-order valence-corrected chi connectivity index (χ1v) is 8.71. The number of imidazole rings is 1. The third kappa shape index (κ3) is 4.54. The molecule has 0 aromatic carbocycles. The maximum absolute atomic E-state index is 12.1. The number of hydrogen-bond donors (Lipinski definition) is 2. The SMILES string of the molecule is CCCCNC(=O)C(C)N1CCC(C(O)c2nccn2C)CC1. The van der Waals surface area contributed by atoms with E-state index in [1.165, 1.54) is 0 Å². The molecule has 1 amide bonds. The van der Waals surface area contributed by atoms with Crippen molar-refractivity contribution < 1.29 is 9.90 Å². The lowest BCUT2D eigenvalue weighted by atomic mass is 9.90. The molecule has 2 rings (SSSR count). The van der Waals surface area contributed by atoms with Crippen molar-refractivity contribution in [2.24, 2.45) is 13.0 Å². The van der Waals surface area contributed by atoms with Crippen LogP contribution in [0.4, 0.5) is 0 Å². The number of rotatable bonds is 7.